The predicted octanol–water partition coefficient (Wildman–Crippen LogP) is 2.06. The fraction of sp³-hybridized carbons (Fsp3) is 0.625. The van der Waals surface area contributed by atoms with Gasteiger partial charge in [0.05, 0.1) is 0 Å². The largest absolute Gasteiger partial charge is 0.315 e. The average molecular weight is 387 g/mol. The van der Waals surface area contributed by atoms with Crippen LogP contribution in [0.1, 0.15) is 12.0 Å². The lowest BCUT2D eigenvalue weighted by Crippen LogP contribution is -2.52. The Balaban J connectivity index is 2.07. The maximum absolute atomic E-state index is 3.54. The molecule has 1 N–H and O–H groups in total. The van der Waals surface area contributed by atoms with Crippen LogP contribution in [0.25, 0.3) is 0 Å². The monoisotopic (exact) mass is 387 g/mol. The fourth-order valence-electron chi connectivity index (χ4n) is 3.05. The summed E-state index contributed by atoms with van der Waals surface area (Å²) >= 11 is 2.36. The van der Waals surface area contributed by atoms with E-state index in [4.69, 9.17) is 0 Å². The molecule has 1 aliphatic heterocycles. The van der Waals surface area contributed by atoms with Crippen molar-refractivity contribution in [2.75, 3.05) is 40.8 Å². The fourth-order valence-corrected chi connectivity index (χ4v) is 3.40. The number of nitrogens with zero attached hydrogens (tertiary/aromatic N) is 2. The number of rotatable bonds is 4. The lowest BCUT2D eigenvalue weighted by Gasteiger charge is -2.34. The summed E-state index contributed by atoms with van der Waals surface area (Å²) < 4.78 is 1.30. The molecule has 1 heterocycles. The smallest absolute Gasteiger partial charge is 0.0376 e. The summed E-state index contributed by atoms with van der Waals surface area (Å²) in [5.41, 5.74) is 1.42. The molecule has 1 fully saturated rings. The Bertz CT molecular complexity index is 407. The Morgan fingerprint density at radius 3 is 2.60 bits per heavy atom. The van der Waals surface area contributed by atoms with Gasteiger partial charge in [-0.3, -0.25) is 0 Å². The van der Waals surface area contributed by atoms with Crippen LogP contribution in [0.3, 0.4) is 0 Å². The minimum Gasteiger partial charge on any atom is -0.315 e. The minimum atomic E-state index is 0.501. The summed E-state index contributed by atoms with van der Waals surface area (Å²) in [6.45, 7) is 3.55. The van der Waals surface area contributed by atoms with E-state index in [1.165, 1.54) is 28.6 Å². The van der Waals surface area contributed by atoms with Gasteiger partial charge in [-0.1, -0.05) is 12.1 Å². The zero-order valence-electron chi connectivity index (χ0n) is 12.8. The third-order valence-electron chi connectivity index (χ3n) is 4.32. The number of hydrogen-bond donors (Lipinski definition) is 1. The highest BCUT2D eigenvalue weighted by Gasteiger charge is 2.27. The van der Waals surface area contributed by atoms with Crippen LogP contribution in [0.2, 0.25) is 0 Å². The lowest BCUT2D eigenvalue weighted by atomic mass is 9.98. The standard InChI is InChI=1S/C16H26IN3/c1-18-15(11-13-5-7-14(17)8-6-13)16-12-19(2)9-4-10-20(16)3/h5-8,15-16,18H,4,9-12H2,1-3H3. The van der Waals surface area contributed by atoms with Gasteiger partial charge >= 0.3 is 0 Å². The van der Waals surface area contributed by atoms with Crippen molar-refractivity contribution < 1.29 is 0 Å². The molecule has 4 heteroatoms. The Morgan fingerprint density at radius 1 is 1.25 bits per heavy atom. The van der Waals surface area contributed by atoms with E-state index in [-0.39, 0.29) is 0 Å². The highest BCUT2D eigenvalue weighted by molar-refractivity contribution is 14.1. The maximum atomic E-state index is 3.54. The van der Waals surface area contributed by atoms with E-state index in [0.717, 1.165) is 13.0 Å². The Hall–Kier alpha value is -0.170. The van der Waals surface area contributed by atoms with Gasteiger partial charge in [-0.25, -0.2) is 0 Å². The first kappa shape index (κ1) is 16.2. The Labute approximate surface area is 136 Å². The second-order valence-corrected chi connectivity index (χ2v) is 7.14. The topological polar surface area (TPSA) is 18.5 Å². The summed E-state index contributed by atoms with van der Waals surface area (Å²) in [5.74, 6) is 0. The second kappa shape index (κ2) is 7.73. The van der Waals surface area contributed by atoms with Crippen molar-refractivity contribution in [3.63, 3.8) is 0 Å². The predicted molar refractivity (Wildman–Crippen MR) is 94.2 cm³/mol. The van der Waals surface area contributed by atoms with Gasteiger partial charge in [0.2, 0.25) is 0 Å². The van der Waals surface area contributed by atoms with Gasteiger partial charge in [-0.15, -0.1) is 0 Å². The molecule has 0 spiro atoms. The Morgan fingerprint density at radius 2 is 1.95 bits per heavy atom. The van der Waals surface area contributed by atoms with E-state index >= 15 is 0 Å². The van der Waals surface area contributed by atoms with E-state index < -0.39 is 0 Å². The van der Waals surface area contributed by atoms with Gasteiger partial charge in [0.1, 0.15) is 0 Å². The van der Waals surface area contributed by atoms with Crippen LogP contribution in [-0.2, 0) is 6.42 Å². The van der Waals surface area contributed by atoms with Crippen molar-refractivity contribution in [2.45, 2.75) is 24.9 Å². The third-order valence-corrected chi connectivity index (χ3v) is 5.04. The van der Waals surface area contributed by atoms with E-state index in [0.29, 0.717) is 12.1 Å². The molecule has 1 aromatic carbocycles. The van der Waals surface area contributed by atoms with Crippen LogP contribution in [0.15, 0.2) is 24.3 Å². The molecule has 2 rings (SSSR count). The molecule has 2 unspecified atom stereocenters. The van der Waals surface area contributed by atoms with E-state index in [2.05, 4.69) is 83.1 Å². The summed E-state index contributed by atoms with van der Waals surface area (Å²) in [6, 6.07) is 9.99. The zero-order chi connectivity index (χ0) is 14.5. The first-order chi connectivity index (χ1) is 9.60. The molecule has 0 bridgehead atoms. The number of likely N-dealkylation sites (N-methyl/N-ethyl adjacent to an activating group) is 3. The first-order valence-corrected chi connectivity index (χ1v) is 8.48. The van der Waals surface area contributed by atoms with Gasteiger partial charge in [-0.2, -0.15) is 0 Å². The van der Waals surface area contributed by atoms with Crippen LogP contribution < -0.4 is 5.32 Å². The maximum Gasteiger partial charge on any atom is 0.0376 e. The van der Waals surface area contributed by atoms with Gasteiger partial charge in [0.15, 0.2) is 0 Å². The van der Waals surface area contributed by atoms with Gasteiger partial charge in [-0.05, 0) is 87.4 Å². The normalized spacial score (nSPS) is 23.5. The van der Waals surface area contributed by atoms with E-state index in [1.54, 1.807) is 0 Å². The van der Waals surface area contributed by atoms with Gasteiger partial charge in [0.25, 0.3) is 0 Å². The lowest BCUT2D eigenvalue weighted by molar-refractivity contribution is 0.181. The van der Waals surface area contributed by atoms with E-state index in [1.807, 2.05) is 0 Å². The van der Waals surface area contributed by atoms with Crippen molar-refractivity contribution in [1.29, 1.82) is 0 Å². The molecular formula is C16H26IN3. The van der Waals surface area contributed by atoms with Crippen molar-refractivity contribution in [2.24, 2.45) is 0 Å². The van der Waals surface area contributed by atoms with Crippen LogP contribution in [0.5, 0.6) is 0 Å². The first-order valence-electron chi connectivity index (χ1n) is 7.40. The number of nitrogens with one attached hydrogen (secondary N) is 1. The number of hydrogen-bond acceptors (Lipinski definition) is 3. The molecule has 0 saturated carbocycles. The molecular weight excluding hydrogens is 361 g/mol. The SMILES string of the molecule is CNC(Cc1ccc(I)cc1)C1CN(C)CCCN1C. The van der Waals surface area contributed by atoms with Crippen LogP contribution in [-0.4, -0.2) is 62.7 Å². The Kier molecular flexibility index (Phi) is 6.26. The molecule has 1 aliphatic rings. The number of benzene rings is 1. The van der Waals surface area contributed by atoms with Crippen molar-refractivity contribution in [3.8, 4) is 0 Å². The van der Waals surface area contributed by atoms with Gasteiger partial charge in [0, 0.05) is 22.2 Å². The summed E-state index contributed by atoms with van der Waals surface area (Å²) in [6.07, 6.45) is 2.36. The molecule has 1 saturated heterocycles. The summed E-state index contributed by atoms with van der Waals surface area (Å²) in [7, 11) is 6.60. The molecule has 20 heavy (non-hydrogen) atoms. The highest BCUT2D eigenvalue weighted by atomic mass is 127. The molecule has 0 aromatic heterocycles. The molecule has 3 nitrogen and oxygen atoms in total. The average Bonchev–Trinajstić information content (AvgIpc) is 2.60. The quantitative estimate of drug-likeness (QED) is 0.799. The minimum absolute atomic E-state index is 0.501. The third kappa shape index (κ3) is 4.41. The summed E-state index contributed by atoms with van der Waals surface area (Å²) in [4.78, 5) is 4.99. The van der Waals surface area contributed by atoms with Gasteiger partial charge < -0.3 is 15.1 Å². The van der Waals surface area contributed by atoms with Crippen LogP contribution >= 0.6 is 22.6 Å². The summed E-state index contributed by atoms with van der Waals surface area (Å²) in [5, 5.41) is 3.54. The van der Waals surface area contributed by atoms with Crippen molar-refractivity contribution in [1.82, 2.24) is 15.1 Å². The molecule has 0 aliphatic carbocycles. The molecule has 112 valence electrons. The highest BCUT2D eigenvalue weighted by Crippen LogP contribution is 2.15. The van der Waals surface area contributed by atoms with Crippen molar-refractivity contribution in [3.05, 3.63) is 33.4 Å². The van der Waals surface area contributed by atoms with Crippen LogP contribution in [0.4, 0.5) is 0 Å². The molecule has 0 amide bonds. The molecule has 1 aromatic rings. The van der Waals surface area contributed by atoms with Crippen molar-refractivity contribution >= 4 is 22.6 Å². The van der Waals surface area contributed by atoms with Crippen LogP contribution in [0, 0.1) is 3.57 Å². The van der Waals surface area contributed by atoms with E-state index in [9.17, 15) is 0 Å². The number of halogens is 1. The molecule has 2 atom stereocenters. The zero-order valence-corrected chi connectivity index (χ0v) is 14.9. The second-order valence-electron chi connectivity index (χ2n) is 5.89. The molecule has 0 radical (unpaired) electrons.